The minimum Gasteiger partial charge on any atom is -0.508 e. The summed E-state index contributed by atoms with van der Waals surface area (Å²) in [5.41, 5.74) is -1.95. The first-order valence-electron chi connectivity index (χ1n) is 8.09. The number of nitrogens with zero attached hydrogens (tertiary/aromatic N) is 2. The van der Waals surface area contributed by atoms with Gasteiger partial charge in [-0.3, -0.25) is 0 Å². The van der Waals surface area contributed by atoms with Gasteiger partial charge in [0.05, 0.1) is 10.5 Å². The molecule has 1 amide bonds. The summed E-state index contributed by atoms with van der Waals surface area (Å²) in [5, 5.41) is 9.49. The summed E-state index contributed by atoms with van der Waals surface area (Å²) in [6.45, 7) is 4.98. The number of sulfonamides is 1. The largest absolute Gasteiger partial charge is 0.508 e. The zero-order valence-corrected chi connectivity index (χ0v) is 15.9. The third-order valence-corrected chi connectivity index (χ3v) is 5.62. The third-order valence-electron chi connectivity index (χ3n) is 3.75. The number of carbonyl (C=O) groups excluding carboxylic acids is 1. The van der Waals surface area contributed by atoms with E-state index in [-0.39, 0.29) is 26.2 Å². The van der Waals surface area contributed by atoms with Gasteiger partial charge in [-0.25, -0.2) is 13.2 Å². The zero-order chi connectivity index (χ0) is 20.6. The van der Waals surface area contributed by atoms with Crippen LogP contribution in [0.25, 0.3) is 0 Å². The van der Waals surface area contributed by atoms with Gasteiger partial charge >= 0.3 is 12.3 Å². The molecule has 1 heterocycles. The number of alkyl halides is 3. The number of phenols is 1. The normalized spacial score (nSPS) is 17.0. The van der Waals surface area contributed by atoms with E-state index in [1.54, 1.807) is 20.8 Å². The number of aromatic hydroxyl groups is 1. The lowest BCUT2D eigenvalue weighted by molar-refractivity contribution is -0.137. The van der Waals surface area contributed by atoms with Crippen LogP contribution in [0.1, 0.15) is 26.3 Å². The summed E-state index contributed by atoms with van der Waals surface area (Å²) in [6.07, 6.45) is -5.38. The molecule has 1 aromatic rings. The second kappa shape index (κ2) is 7.19. The summed E-state index contributed by atoms with van der Waals surface area (Å²) in [5.74, 6) is -0.796. The van der Waals surface area contributed by atoms with Crippen molar-refractivity contribution in [2.24, 2.45) is 0 Å². The molecule has 0 bridgehead atoms. The minimum absolute atomic E-state index is 0.0408. The van der Waals surface area contributed by atoms with Gasteiger partial charge in [0.1, 0.15) is 11.4 Å². The van der Waals surface area contributed by atoms with Crippen LogP contribution in [0.3, 0.4) is 0 Å². The Morgan fingerprint density at radius 3 is 2.11 bits per heavy atom. The predicted octanol–water partition coefficient (Wildman–Crippen LogP) is 2.65. The number of piperazine rings is 1. The molecule has 1 aromatic carbocycles. The van der Waals surface area contributed by atoms with E-state index in [9.17, 15) is 31.5 Å². The molecule has 0 aliphatic carbocycles. The van der Waals surface area contributed by atoms with Crippen LogP contribution >= 0.6 is 0 Å². The number of hydrogen-bond donors (Lipinski definition) is 1. The quantitative estimate of drug-likeness (QED) is 0.810. The van der Waals surface area contributed by atoms with Crippen LogP contribution in [-0.4, -0.2) is 60.6 Å². The fraction of sp³-hybridized carbons (Fsp3) is 0.562. The van der Waals surface area contributed by atoms with E-state index in [1.807, 2.05) is 0 Å². The fourth-order valence-corrected chi connectivity index (χ4v) is 3.97. The Hall–Kier alpha value is -2.01. The van der Waals surface area contributed by atoms with Crippen molar-refractivity contribution in [1.29, 1.82) is 0 Å². The molecule has 0 spiro atoms. The van der Waals surface area contributed by atoms with Gasteiger partial charge in [0.15, 0.2) is 0 Å². The van der Waals surface area contributed by atoms with E-state index < -0.39 is 44.1 Å². The number of carbonyl (C=O) groups is 1. The van der Waals surface area contributed by atoms with Crippen molar-refractivity contribution < 1.29 is 36.2 Å². The van der Waals surface area contributed by atoms with Gasteiger partial charge in [0.2, 0.25) is 10.0 Å². The number of rotatable bonds is 2. The molecule has 0 unspecified atom stereocenters. The molecule has 11 heteroatoms. The van der Waals surface area contributed by atoms with E-state index in [0.717, 1.165) is 10.4 Å². The minimum atomic E-state index is -4.79. The predicted molar refractivity (Wildman–Crippen MR) is 89.7 cm³/mol. The van der Waals surface area contributed by atoms with Gasteiger partial charge in [-0.15, -0.1) is 0 Å². The molecule has 152 valence electrons. The lowest BCUT2D eigenvalue weighted by Crippen LogP contribution is -2.51. The summed E-state index contributed by atoms with van der Waals surface area (Å²) in [7, 11) is -4.26. The van der Waals surface area contributed by atoms with E-state index >= 15 is 0 Å². The molecule has 2 rings (SSSR count). The van der Waals surface area contributed by atoms with Crippen LogP contribution in [0.2, 0.25) is 0 Å². The van der Waals surface area contributed by atoms with E-state index in [0.29, 0.717) is 12.1 Å². The van der Waals surface area contributed by atoms with E-state index in [4.69, 9.17) is 4.74 Å². The molecular formula is C16H21F3N2O5S. The van der Waals surface area contributed by atoms with Crippen molar-refractivity contribution in [2.75, 3.05) is 26.2 Å². The fourth-order valence-electron chi connectivity index (χ4n) is 2.48. The Bertz CT molecular complexity index is 810. The Morgan fingerprint density at radius 2 is 1.63 bits per heavy atom. The Kier molecular flexibility index (Phi) is 5.67. The van der Waals surface area contributed by atoms with Crippen molar-refractivity contribution in [1.82, 2.24) is 9.21 Å². The number of halogens is 3. The number of hydrogen-bond acceptors (Lipinski definition) is 5. The first-order chi connectivity index (χ1) is 12.2. The Labute approximate surface area is 155 Å². The number of ether oxygens (including phenoxy) is 1. The van der Waals surface area contributed by atoms with Gasteiger partial charge in [-0.1, -0.05) is 0 Å². The molecule has 0 atom stereocenters. The first-order valence-corrected chi connectivity index (χ1v) is 9.53. The standard InChI is InChI=1S/C16H21F3N2O5S/c1-15(2,3)26-14(23)20-4-6-21(7-5-20)27(24,25)13-9-11(16(17,18)19)8-12(22)10-13/h8-10,22H,4-7H2,1-3H3. The average Bonchev–Trinajstić information content (AvgIpc) is 2.52. The summed E-state index contributed by atoms with van der Waals surface area (Å²) >= 11 is 0. The highest BCUT2D eigenvalue weighted by Crippen LogP contribution is 2.34. The Morgan fingerprint density at radius 1 is 1.07 bits per heavy atom. The maximum atomic E-state index is 12.9. The van der Waals surface area contributed by atoms with Crippen molar-refractivity contribution in [3.05, 3.63) is 23.8 Å². The molecule has 27 heavy (non-hydrogen) atoms. The monoisotopic (exact) mass is 410 g/mol. The second-order valence-electron chi connectivity index (χ2n) is 7.08. The van der Waals surface area contributed by atoms with Gasteiger partial charge < -0.3 is 14.7 Å². The Balaban J connectivity index is 2.16. The van der Waals surface area contributed by atoms with Crippen LogP contribution in [0.15, 0.2) is 23.1 Å². The highest BCUT2D eigenvalue weighted by atomic mass is 32.2. The number of benzene rings is 1. The summed E-state index contributed by atoms with van der Waals surface area (Å²) in [6, 6.07) is 1.71. The smallest absolute Gasteiger partial charge is 0.416 e. The van der Waals surface area contributed by atoms with Crippen molar-refractivity contribution >= 4 is 16.1 Å². The lowest BCUT2D eigenvalue weighted by Gasteiger charge is -2.35. The number of amides is 1. The van der Waals surface area contributed by atoms with Crippen LogP contribution in [0.5, 0.6) is 5.75 Å². The van der Waals surface area contributed by atoms with Crippen LogP contribution < -0.4 is 0 Å². The molecule has 7 nitrogen and oxygen atoms in total. The lowest BCUT2D eigenvalue weighted by atomic mass is 10.2. The van der Waals surface area contributed by atoms with Crippen molar-refractivity contribution in [3.8, 4) is 5.75 Å². The molecule has 1 fully saturated rings. The molecule has 1 saturated heterocycles. The molecule has 0 saturated carbocycles. The maximum absolute atomic E-state index is 12.9. The molecule has 0 radical (unpaired) electrons. The van der Waals surface area contributed by atoms with Gasteiger partial charge in [0.25, 0.3) is 0 Å². The van der Waals surface area contributed by atoms with Crippen LogP contribution in [0.4, 0.5) is 18.0 Å². The van der Waals surface area contributed by atoms with Crippen LogP contribution in [0, 0.1) is 0 Å². The third kappa shape index (κ3) is 5.25. The second-order valence-corrected chi connectivity index (χ2v) is 9.02. The highest BCUT2D eigenvalue weighted by molar-refractivity contribution is 7.89. The molecule has 1 N–H and O–H groups in total. The van der Waals surface area contributed by atoms with Crippen LogP contribution in [-0.2, 0) is 20.9 Å². The van der Waals surface area contributed by atoms with E-state index in [1.165, 1.54) is 4.90 Å². The zero-order valence-electron chi connectivity index (χ0n) is 15.1. The molecule has 1 aliphatic heterocycles. The molecular weight excluding hydrogens is 389 g/mol. The molecule has 0 aromatic heterocycles. The van der Waals surface area contributed by atoms with Crippen molar-refractivity contribution in [2.45, 2.75) is 37.4 Å². The van der Waals surface area contributed by atoms with Crippen molar-refractivity contribution in [3.63, 3.8) is 0 Å². The first kappa shape index (κ1) is 21.3. The summed E-state index contributed by atoms with van der Waals surface area (Å²) < 4.78 is 70.1. The van der Waals surface area contributed by atoms with Gasteiger partial charge in [-0.05, 0) is 39.0 Å². The number of phenolic OH excluding ortho intramolecular Hbond substituents is 1. The van der Waals surface area contributed by atoms with E-state index in [2.05, 4.69) is 0 Å². The topological polar surface area (TPSA) is 87.2 Å². The van der Waals surface area contributed by atoms with Gasteiger partial charge in [-0.2, -0.15) is 17.5 Å². The SMILES string of the molecule is CC(C)(C)OC(=O)N1CCN(S(=O)(=O)c2cc(O)cc(C(F)(F)F)c2)CC1. The average molecular weight is 410 g/mol. The summed E-state index contributed by atoms with van der Waals surface area (Å²) in [4.78, 5) is 12.7. The maximum Gasteiger partial charge on any atom is 0.416 e. The molecule has 1 aliphatic rings. The van der Waals surface area contributed by atoms with Gasteiger partial charge in [0, 0.05) is 26.2 Å². The highest BCUT2D eigenvalue weighted by Gasteiger charge is 2.36.